The van der Waals surface area contributed by atoms with Crippen molar-refractivity contribution in [3.63, 3.8) is 0 Å². The van der Waals surface area contributed by atoms with Gasteiger partial charge in [-0.1, -0.05) is 29.8 Å². The second-order valence-electron chi connectivity index (χ2n) is 7.00. The van der Waals surface area contributed by atoms with Crippen LogP contribution in [0.4, 0.5) is 4.39 Å². The average molecular weight is 416 g/mol. The number of amides is 1. The van der Waals surface area contributed by atoms with Crippen molar-refractivity contribution in [1.82, 2.24) is 4.90 Å². The molecule has 0 bridgehead atoms. The number of ether oxygens (including phenoxy) is 1. The van der Waals surface area contributed by atoms with Crippen LogP contribution in [-0.4, -0.2) is 16.9 Å². The van der Waals surface area contributed by atoms with Gasteiger partial charge in [0.1, 0.15) is 17.3 Å². The monoisotopic (exact) mass is 415 g/mol. The summed E-state index contributed by atoms with van der Waals surface area (Å²) in [4.78, 5) is 14.7. The highest BCUT2D eigenvalue weighted by Crippen LogP contribution is 2.27. The Morgan fingerprint density at radius 1 is 1.14 bits per heavy atom. The van der Waals surface area contributed by atoms with Gasteiger partial charge in [0.15, 0.2) is 6.10 Å². The number of aryl methyl sites for hydroxylation is 2. The smallest absolute Gasteiger partial charge is 0.264 e. The zero-order chi connectivity index (χ0) is 21.0. The summed E-state index contributed by atoms with van der Waals surface area (Å²) in [5, 5.41) is 0.676. The summed E-state index contributed by atoms with van der Waals surface area (Å²) in [6.07, 6.45) is 0.775. The number of benzene rings is 2. The van der Waals surface area contributed by atoms with Crippen molar-refractivity contribution in [3.05, 3.63) is 88.1 Å². The van der Waals surface area contributed by atoms with Gasteiger partial charge in [0.05, 0.1) is 12.8 Å². The lowest BCUT2D eigenvalue weighted by Crippen LogP contribution is -2.39. The van der Waals surface area contributed by atoms with Gasteiger partial charge in [0.25, 0.3) is 5.91 Å². The van der Waals surface area contributed by atoms with Crippen LogP contribution in [-0.2, 0) is 17.9 Å². The highest BCUT2D eigenvalue weighted by atomic mass is 35.5. The van der Waals surface area contributed by atoms with Crippen LogP contribution < -0.4 is 4.74 Å². The third-order valence-electron chi connectivity index (χ3n) is 4.63. The van der Waals surface area contributed by atoms with Crippen LogP contribution in [0.5, 0.6) is 5.75 Å². The second-order valence-corrected chi connectivity index (χ2v) is 7.37. The van der Waals surface area contributed by atoms with E-state index in [9.17, 15) is 9.18 Å². The molecule has 3 aromatic rings. The molecule has 152 valence electrons. The number of carbonyl (C=O) groups is 1. The SMILES string of the molecule is Cc1cc(O[C@H](C)C(=O)N(Cc2ccco2)Cc2ccccc2F)cc(C)c1Cl. The van der Waals surface area contributed by atoms with E-state index in [4.69, 9.17) is 20.8 Å². The maximum atomic E-state index is 14.2. The van der Waals surface area contributed by atoms with E-state index in [0.29, 0.717) is 22.1 Å². The Kier molecular flexibility index (Phi) is 6.60. The Morgan fingerprint density at radius 2 is 1.83 bits per heavy atom. The van der Waals surface area contributed by atoms with E-state index in [1.54, 1.807) is 55.7 Å². The van der Waals surface area contributed by atoms with Gasteiger partial charge >= 0.3 is 0 Å². The van der Waals surface area contributed by atoms with Gasteiger partial charge in [-0.15, -0.1) is 0 Å². The van der Waals surface area contributed by atoms with E-state index in [-0.39, 0.29) is 24.8 Å². The number of rotatable bonds is 7. The maximum absolute atomic E-state index is 14.2. The highest BCUT2D eigenvalue weighted by molar-refractivity contribution is 6.32. The first-order valence-electron chi connectivity index (χ1n) is 9.33. The van der Waals surface area contributed by atoms with Crippen molar-refractivity contribution < 1.29 is 18.3 Å². The molecule has 0 aliphatic rings. The van der Waals surface area contributed by atoms with Crippen LogP contribution in [0.3, 0.4) is 0 Å². The van der Waals surface area contributed by atoms with Crippen molar-refractivity contribution in [2.24, 2.45) is 0 Å². The van der Waals surface area contributed by atoms with Gasteiger partial charge in [-0.25, -0.2) is 4.39 Å². The lowest BCUT2D eigenvalue weighted by atomic mass is 10.1. The first-order valence-corrected chi connectivity index (χ1v) is 9.71. The third-order valence-corrected chi connectivity index (χ3v) is 5.22. The summed E-state index contributed by atoms with van der Waals surface area (Å²) in [7, 11) is 0. The molecule has 1 atom stereocenters. The van der Waals surface area contributed by atoms with Gasteiger partial charge in [0.2, 0.25) is 0 Å². The Balaban J connectivity index is 1.80. The van der Waals surface area contributed by atoms with Gasteiger partial charge in [-0.05, 0) is 62.2 Å². The molecule has 0 N–H and O–H groups in total. The van der Waals surface area contributed by atoms with E-state index in [1.165, 1.54) is 11.0 Å². The molecule has 29 heavy (non-hydrogen) atoms. The van der Waals surface area contributed by atoms with E-state index in [1.807, 2.05) is 13.8 Å². The standard InChI is InChI=1S/C23H23ClFNO3/c1-15-11-20(12-16(2)22(15)24)29-17(3)23(27)26(14-19-8-6-10-28-19)13-18-7-4-5-9-21(18)25/h4-12,17H,13-14H2,1-3H3/t17-/m1/s1. The number of halogens is 2. The van der Waals surface area contributed by atoms with Crippen molar-refractivity contribution in [2.75, 3.05) is 0 Å². The summed E-state index contributed by atoms with van der Waals surface area (Å²) in [5.74, 6) is 0.548. The predicted molar refractivity (Wildman–Crippen MR) is 110 cm³/mol. The van der Waals surface area contributed by atoms with Crippen molar-refractivity contribution in [2.45, 2.75) is 40.0 Å². The van der Waals surface area contributed by atoms with Crippen LogP contribution in [0.25, 0.3) is 0 Å². The Hall–Kier alpha value is -2.79. The Labute approximate surface area is 174 Å². The van der Waals surface area contributed by atoms with Crippen LogP contribution in [0.2, 0.25) is 5.02 Å². The van der Waals surface area contributed by atoms with E-state index < -0.39 is 6.10 Å². The topological polar surface area (TPSA) is 42.7 Å². The van der Waals surface area contributed by atoms with E-state index >= 15 is 0 Å². The van der Waals surface area contributed by atoms with Crippen molar-refractivity contribution in [1.29, 1.82) is 0 Å². The quantitative estimate of drug-likeness (QED) is 0.498. The molecule has 0 saturated carbocycles. The van der Waals surface area contributed by atoms with Crippen LogP contribution in [0.1, 0.15) is 29.4 Å². The van der Waals surface area contributed by atoms with Gasteiger partial charge in [0, 0.05) is 17.1 Å². The first kappa shape index (κ1) is 20.9. The summed E-state index contributed by atoms with van der Waals surface area (Å²) in [5.41, 5.74) is 2.18. The molecular formula is C23H23ClFNO3. The Bertz CT molecular complexity index is 965. The predicted octanol–water partition coefficient (Wildman–Crippen LogP) is 5.69. The zero-order valence-corrected chi connectivity index (χ0v) is 17.4. The minimum atomic E-state index is -0.767. The molecular weight excluding hydrogens is 393 g/mol. The fourth-order valence-electron chi connectivity index (χ4n) is 3.12. The van der Waals surface area contributed by atoms with Crippen LogP contribution in [0.15, 0.2) is 59.2 Å². The van der Waals surface area contributed by atoms with Gasteiger partial charge < -0.3 is 14.1 Å². The fourth-order valence-corrected chi connectivity index (χ4v) is 3.23. The molecule has 0 aliphatic carbocycles. The van der Waals surface area contributed by atoms with Crippen LogP contribution in [0, 0.1) is 19.7 Å². The van der Waals surface area contributed by atoms with Gasteiger partial charge in [-0.2, -0.15) is 0 Å². The lowest BCUT2D eigenvalue weighted by molar-refractivity contribution is -0.139. The molecule has 1 amide bonds. The minimum Gasteiger partial charge on any atom is -0.481 e. The number of nitrogens with zero attached hydrogens (tertiary/aromatic N) is 1. The number of carbonyl (C=O) groups excluding carboxylic acids is 1. The van der Waals surface area contributed by atoms with Crippen molar-refractivity contribution >= 4 is 17.5 Å². The summed E-state index contributed by atoms with van der Waals surface area (Å²) in [6.45, 7) is 5.77. The molecule has 0 radical (unpaired) electrons. The molecule has 0 saturated heterocycles. The fraction of sp³-hybridized carbons (Fsp3) is 0.261. The second kappa shape index (κ2) is 9.14. The number of hydrogen-bond acceptors (Lipinski definition) is 3. The molecule has 0 spiro atoms. The first-order chi connectivity index (χ1) is 13.8. The number of furan rings is 1. The average Bonchev–Trinajstić information content (AvgIpc) is 3.19. The normalized spacial score (nSPS) is 11.9. The minimum absolute atomic E-state index is 0.110. The summed E-state index contributed by atoms with van der Waals surface area (Å²) in [6, 6.07) is 13.5. The van der Waals surface area contributed by atoms with E-state index in [0.717, 1.165) is 11.1 Å². The molecule has 3 rings (SSSR count). The molecule has 6 heteroatoms. The molecule has 1 heterocycles. The van der Waals surface area contributed by atoms with Crippen molar-refractivity contribution in [3.8, 4) is 5.75 Å². The van der Waals surface area contributed by atoms with E-state index in [2.05, 4.69) is 0 Å². The number of hydrogen-bond donors (Lipinski definition) is 0. The molecule has 1 aromatic heterocycles. The molecule has 0 fully saturated rings. The maximum Gasteiger partial charge on any atom is 0.264 e. The molecule has 4 nitrogen and oxygen atoms in total. The largest absolute Gasteiger partial charge is 0.481 e. The third kappa shape index (κ3) is 5.18. The van der Waals surface area contributed by atoms with Crippen LogP contribution >= 0.6 is 11.6 Å². The lowest BCUT2D eigenvalue weighted by Gasteiger charge is -2.26. The summed E-state index contributed by atoms with van der Waals surface area (Å²) < 4.78 is 25.4. The highest BCUT2D eigenvalue weighted by Gasteiger charge is 2.24. The molecule has 0 unspecified atom stereocenters. The Morgan fingerprint density at radius 3 is 2.45 bits per heavy atom. The summed E-state index contributed by atoms with van der Waals surface area (Å²) >= 11 is 6.21. The van der Waals surface area contributed by atoms with Gasteiger partial charge in [-0.3, -0.25) is 4.79 Å². The molecule has 2 aromatic carbocycles. The molecule has 0 aliphatic heterocycles. The zero-order valence-electron chi connectivity index (χ0n) is 16.6.